The first-order valence-electron chi connectivity index (χ1n) is 13.5. The molecule has 0 aliphatic rings. The Morgan fingerprint density at radius 2 is 1.86 bits per heavy atom. The zero-order chi connectivity index (χ0) is 29.6. The van der Waals surface area contributed by atoms with Crippen LogP contribution in [0.4, 0.5) is 11.4 Å². The second-order valence-corrected chi connectivity index (χ2v) is 9.87. The Bertz CT molecular complexity index is 1750. The summed E-state index contributed by atoms with van der Waals surface area (Å²) in [5.41, 5.74) is 7.17. The molecular formula is C31H33N9O2. The van der Waals surface area contributed by atoms with Crippen LogP contribution in [0.2, 0.25) is 0 Å². The minimum Gasteiger partial charge on any atom is -0.384 e. The van der Waals surface area contributed by atoms with E-state index >= 15 is 0 Å². The number of aromatic nitrogens is 5. The number of carbonyl (C=O) groups is 2. The van der Waals surface area contributed by atoms with Crippen molar-refractivity contribution in [3.63, 3.8) is 0 Å². The monoisotopic (exact) mass is 563 g/mol. The maximum atomic E-state index is 13.1. The first kappa shape index (κ1) is 28.2. The zero-order valence-electron chi connectivity index (χ0n) is 23.8. The molecule has 2 aromatic carbocycles. The van der Waals surface area contributed by atoms with Crippen LogP contribution < -0.4 is 21.3 Å². The molecule has 5 aromatic rings. The molecule has 0 spiro atoms. The molecule has 11 nitrogen and oxygen atoms in total. The Kier molecular flexibility index (Phi) is 8.39. The topological polar surface area (TPSA) is 142 Å². The van der Waals surface area contributed by atoms with Gasteiger partial charge in [0.15, 0.2) is 5.82 Å². The normalized spacial score (nSPS) is 10.9. The number of hydrogen-bond donors (Lipinski definition) is 5. The van der Waals surface area contributed by atoms with Crippen molar-refractivity contribution in [3.05, 3.63) is 90.7 Å². The molecular weight excluding hydrogens is 530 g/mol. The predicted octanol–water partition coefficient (Wildman–Crippen LogP) is 4.02. The van der Waals surface area contributed by atoms with Crippen LogP contribution in [0, 0.1) is 6.92 Å². The summed E-state index contributed by atoms with van der Waals surface area (Å²) in [4.78, 5) is 33.3. The minimum atomic E-state index is -0.292. The number of amides is 2. The lowest BCUT2D eigenvalue weighted by molar-refractivity contribution is -0.111. The molecule has 0 radical (unpaired) electrons. The van der Waals surface area contributed by atoms with Gasteiger partial charge in [-0.3, -0.25) is 9.59 Å². The van der Waals surface area contributed by atoms with Crippen LogP contribution in [-0.2, 0) is 18.4 Å². The molecule has 3 heterocycles. The number of carbonyl (C=O) groups excluding carboxylic acids is 2. The SMILES string of the molecule is C=CC(=O)Nc1cc(-c2c(-c3ccc(NCCNC)cc3)[nH]c3ncc(C(=O)NCc4nncn4C)cc23)ccc1C. The predicted molar refractivity (Wildman–Crippen MR) is 165 cm³/mol. The molecule has 0 saturated heterocycles. The quantitative estimate of drug-likeness (QED) is 0.121. The van der Waals surface area contributed by atoms with E-state index in [1.807, 2.05) is 69.6 Å². The van der Waals surface area contributed by atoms with Gasteiger partial charge in [-0.2, -0.15) is 0 Å². The Hall–Kier alpha value is -5.29. The molecule has 0 atom stereocenters. The van der Waals surface area contributed by atoms with E-state index in [2.05, 4.69) is 48.0 Å². The van der Waals surface area contributed by atoms with Crippen LogP contribution in [0.25, 0.3) is 33.4 Å². The molecule has 5 rings (SSSR count). The van der Waals surface area contributed by atoms with E-state index in [1.54, 1.807) is 17.1 Å². The number of aryl methyl sites for hydroxylation is 2. The summed E-state index contributed by atoms with van der Waals surface area (Å²) < 4.78 is 1.75. The highest BCUT2D eigenvalue weighted by Gasteiger charge is 2.19. The molecule has 0 aliphatic carbocycles. The largest absolute Gasteiger partial charge is 0.384 e. The molecule has 42 heavy (non-hydrogen) atoms. The van der Waals surface area contributed by atoms with E-state index < -0.39 is 0 Å². The third-order valence-corrected chi connectivity index (χ3v) is 6.97. The van der Waals surface area contributed by atoms with Gasteiger partial charge in [0.25, 0.3) is 5.91 Å². The summed E-state index contributed by atoms with van der Waals surface area (Å²) >= 11 is 0. The average Bonchev–Trinajstić information content (AvgIpc) is 3.60. The number of rotatable bonds is 11. The highest BCUT2D eigenvalue weighted by atomic mass is 16.2. The zero-order valence-corrected chi connectivity index (χ0v) is 23.8. The fourth-order valence-electron chi connectivity index (χ4n) is 4.62. The number of anilines is 2. The van der Waals surface area contributed by atoms with Gasteiger partial charge in [-0.15, -0.1) is 10.2 Å². The summed E-state index contributed by atoms with van der Waals surface area (Å²) in [6.07, 6.45) is 4.38. The van der Waals surface area contributed by atoms with Crippen molar-refractivity contribution in [2.24, 2.45) is 7.05 Å². The van der Waals surface area contributed by atoms with Gasteiger partial charge in [-0.1, -0.05) is 30.8 Å². The van der Waals surface area contributed by atoms with Crippen molar-refractivity contribution in [2.75, 3.05) is 30.8 Å². The van der Waals surface area contributed by atoms with E-state index in [0.717, 1.165) is 52.1 Å². The number of nitrogens with zero attached hydrogens (tertiary/aromatic N) is 4. The molecule has 11 heteroatoms. The molecule has 0 bridgehead atoms. The first-order valence-corrected chi connectivity index (χ1v) is 13.5. The molecule has 0 unspecified atom stereocenters. The highest BCUT2D eigenvalue weighted by molar-refractivity contribution is 6.07. The number of likely N-dealkylation sites (N-methyl/N-ethyl adjacent to an activating group) is 1. The molecule has 3 aromatic heterocycles. The highest BCUT2D eigenvalue weighted by Crippen LogP contribution is 2.39. The van der Waals surface area contributed by atoms with Crippen LogP contribution in [0.1, 0.15) is 21.7 Å². The van der Waals surface area contributed by atoms with E-state index in [4.69, 9.17) is 0 Å². The number of pyridine rings is 1. The molecule has 0 fully saturated rings. The summed E-state index contributed by atoms with van der Waals surface area (Å²) in [7, 11) is 3.74. The van der Waals surface area contributed by atoms with Crippen LogP contribution in [0.3, 0.4) is 0 Å². The number of hydrogen-bond acceptors (Lipinski definition) is 7. The van der Waals surface area contributed by atoms with Crippen molar-refractivity contribution in [3.8, 4) is 22.4 Å². The Morgan fingerprint density at radius 1 is 1.07 bits per heavy atom. The Balaban J connectivity index is 1.57. The van der Waals surface area contributed by atoms with Gasteiger partial charge < -0.3 is 30.8 Å². The van der Waals surface area contributed by atoms with Gasteiger partial charge in [0, 0.05) is 48.7 Å². The van der Waals surface area contributed by atoms with Crippen molar-refractivity contribution in [2.45, 2.75) is 13.5 Å². The van der Waals surface area contributed by atoms with E-state index in [-0.39, 0.29) is 18.4 Å². The van der Waals surface area contributed by atoms with Crippen molar-refractivity contribution in [1.29, 1.82) is 0 Å². The van der Waals surface area contributed by atoms with Gasteiger partial charge in [0.05, 0.1) is 17.8 Å². The lowest BCUT2D eigenvalue weighted by atomic mass is 9.96. The molecule has 214 valence electrons. The molecule has 0 aliphatic heterocycles. The van der Waals surface area contributed by atoms with Gasteiger partial charge in [-0.25, -0.2) is 4.98 Å². The number of nitrogens with one attached hydrogen (secondary N) is 5. The number of H-pyrrole nitrogens is 1. The van der Waals surface area contributed by atoms with Crippen LogP contribution in [0.15, 0.2) is 73.7 Å². The Morgan fingerprint density at radius 3 is 2.57 bits per heavy atom. The minimum absolute atomic E-state index is 0.234. The smallest absolute Gasteiger partial charge is 0.253 e. The second-order valence-electron chi connectivity index (χ2n) is 9.87. The molecule has 0 saturated carbocycles. The second kappa shape index (κ2) is 12.5. The maximum absolute atomic E-state index is 13.1. The molecule has 2 amide bonds. The summed E-state index contributed by atoms with van der Waals surface area (Å²) in [5.74, 6) is 0.0693. The van der Waals surface area contributed by atoms with Gasteiger partial charge in [0.1, 0.15) is 12.0 Å². The number of aromatic amines is 1. The fraction of sp³-hybridized carbons (Fsp3) is 0.194. The van der Waals surface area contributed by atoms with Crippen molar-refractivity contribution in [1.82, 2.24) is 35.4 Å². The third-order valence-electron chi connectivity index (χ3n) is 6.97. The van der Waals surface area contributed by atoms with Crippen LogP contribution in [0.5, 0.6) is 0 Å². The van der Waals surface area contributed by atoms with Gasteiger partial charge >= 0.3 is 0 Å². The van der Waals surface area contributed by atoms with E-state index in [0.29, 0.717) is 22.7 Å². The van der Waals surface area contributed by atoms with Crippen molar-refractivity contribution < 1.29 is 9.59 Å². The lowest BCUT2D eigenvalue weighted by Gasteiger charge is -2.12. The third kappa shape index (κ3) is 6.06. The van der Waals surface area contributed by atoms with Crippen LogP contribution >= 0.6 is 0 Å². The standard InChI is InChI=1S/C31H33N9O2/c1-5-27(41)37-25-15-21(7-6-19(25)2)28-24-14-22(31(42)35-17-26-39-36-18-40(26)4)16-34-30(24)38-29(28)20-8-10-23(11-9-20)33-13-12-32-3/h5-11,14-16,18,32-33H,1,12-13,17H2,2-4H3,(H,34,38)(H,35,42)(H,37,41). The van der Waals surface area contributed by atoms with E-state index in [1.165, 1.54) is 6.08 Å². The number of fused-ring (bicyclic) bond motifs is 1. The van der Waals surface area contributed by atoms with Gasteiger partial charge in [-0.05, 0) is 61.0 Å². The van der Waals surface area contributed by atoms with Gasteiger partial charge in [0.2, 0.25) is 5.91 Å². The average molecular weight is 564 g/mol. The van der Waals surface area contributed by atoms with E-state index in [9.17, 15) is 9.59 Å². The van der Waals surface area contributed by atoms with Crippen LogP contribution in [-0.4, -0.2) is 56.7 Å². The maximum Gasteiger partial charge on any atom is 0.253 e. The first-order chi connectivity index (χ1) is 20.4. The summed E-state index contributed by atoms with van der Waals surface area (Å²) in [6, 6.07) is 15.9. The fourth-order valence-corrected chi connectivity index (χ4v) is 4.62. The molecule has 5 N–H and O–H groups in total. The summed E-state index contributed by atoms with van der Waals surface area (Å²) in [5, 5.41) is 21.0. The summed E-state index contributed by atoms with van der Waals surface area (Å²) in [6.45, 7) is 7.39. The lowest BCUT2D eigenvalue weighted by Crippen LogP contribution is -2.24. The van der Waals surface area contributed by atoms with Crippen molar-refractivity contribution >= 4 is 34.2 Å². The number of benzene rings is 2. The Labute approximate surface area is 243 Å².